The van der Waals surface area contributed by atoms with E-state index in [9.17, 15) is 0 Å². The van der Waals surface area contributed by atoms with Crippen molar-refractivity contribution in [2.75, 3.05) is 20.7 Å². The van der Waals surface area contributed by atoms with Gasteiger partial charge in [0.2, 0.25) is 0 Å². The Balaban J connectivity index is 1.94. The van der Waals surface area contributed by atoms with Crippen molar-refractivity contribution >= 4 is 5.96 Å². The summed E-state index contributed by atoms with van der Waals surface area (Å²) in [5.74, 6) is 2.70. The fraction of sp³-hybridized carbons (Fsp3) is 0.588. The van der Waals surface area contributed by atoms with Gasteiger partial charge in [-0.2, -0.15) is 0 Å². The smallest absolute Gasteiger partial charge is 0.191 e. The van der Waals surface area contributed by atoms with Crippen LogP contribution in [0.25, 0.3) is 0 Å². The summed E-state index contributed by atoms with van der Waals surface area (Å²) in [4.78, 5) is 4.30. The monoisotopic (exact) mass is 289 g/mol. The molecule has 1 saturated carbocycles. The number of hydrogen-bond donors (Lipinski definition) is 2. The summed E-state index contributed by atoms with van der Waals surface area (Å²) in [5.41, 5.74) is 2.39. The quantitative estimate of drug-likeness (QED) is 0.625. The maximum Gasteiger partial charge on any atom is 0.191 e. The van der Waals surface area contributed by atoms with Gasteiger partial charge < -0.3 is 15.4 Å². The van der Waals surface area contributed by atoms with Gasteiger partial charge in [0.25, 0.3) is 0 Å². The molecule has 1 aliphatic carbocycles. The first-order chi connectivity index (χ1) is 10.1. The summed E-state index contributed by atoms with van der Waals surface area (Å²) < 4.78 is 5.46. The molecule has 0 radical (unpaired) electrons. The van der Waals surface area contributed by atoms with E-state index in [0.717, 1.165) is 29.7 Å². The van der Waals surface area contributed by atoms with Gasteiger partial charge in [-0.1, -0.05) is 30.5 Å². The van der Waals surface area contributed by atoms with E-state index in [1.54, 1.807) is 7.11 Å². The highest BCUT2D eigenvalue weighted by atomic mass is 16.5. The van der Waals surface area contributed by atoms with Gasteiger partial charge in [0.15, 0.2) is 5.96 Å². The zero-order valence-electron chi connectivity index (χ0n) is 13.6. The Bertz CT molecular complexity index is 495. The lowest BCUT2D eigenvalue weighted by atomic mass is 10.0. The van der Waals surface area contributed by atoms with Gasteiger partial charge in [0.1, 0.15) is 5.75 Å². The van der Waals surface area contributed by atoms with Crippen molar-refractivity contribution in [2.24, 2.45) is 10.9 Å². The Morgan fingerprint density at radius 1 is 1.43 bits per heavy atom. The van der Waals surface area contributed by atoms with Crippen molar-refractivity contribution in [3.8, 4) is 5.75 Å². The van der Waals surface area contributed by atoms with E-state index >= 15 is 0 Å². The summed E-state index contributed by atoms with van der Waals surface area (Å²) >= 11 is 0. The third-order valence-electron chi connectivity index (χ3n) is 3.97. The third-order valence-corrected chi connectivity index (χ3v) is 3.97. The highest BCUT2D eigenvalue weighted by Crippen LogP contribution is 2.31. The highest BCUT2D eigenvalue weighted by Gasteiger charge is 2.20. The predicted molar refractivity (Wildman–Crippen MR) is 88.0 cm³/mol. The first kappa shape index (κ1) is 15.7. The van der Waals surface area contributed by atoms with Crippen LogP contribution in [0.15, 0.2) is 23.2 Å². The van der Waals surface area contributed by atoms with Crippen LogP contribution in [0.3, 0.4) is 0 Å². The lowest BCUT2D eigenvalue weighted by Gasteiger charge is -2.20. The van der Waals surface area contributed by atoms with E-state index in [1.807, 2.05) is 13.1 Å². The second-order valence-electron chi connectivity index (χ2n) is 5.84. The van der Waals surface area contributed by atoms with Crippen LogP contribution >= 0.6 is 0 Å². The third kappa shape index (κ3) is 4.66. The molecule has 0 aliphatic heterocycles. The standard InChI is InChI=1S/C17H27N3O/c1-12-5-8-16(21-4)15(11-12)13(2)20-17(18-3)19-10-9-14-6-7-14/h5,8,11,13-14H,6-7,9-10H2,1-4H3,(H2,18,19,20). The largest absolute Gasteiger partial charge is 0.496 e. The minimum atomic E-state index is 0.145. The molecule has 1 unspecified atom stereocenters. The topological polar surface area (TPSA) is 45.7 Å². The Hall–Kier alpha value is -1.71. The van der Waals surface area contributed by atoms with Crippen LogP contribution < -0.4 is 15.4 Å². The summed E-state index contributed by atoms with van der Waals surface area (Å²) in [5, 5.41) is 6.83. The lowest BCUT2D eigenvalue weighted by Crippen LogP contribution is -2.39. The van der Waals surface area contributed by atoms with Crippen LogP contribution in [0.4, 0.5) is 0 Å². The first-order valence-corrected chi connectivity index (χ1v) is 7.75. The van der Waals surface area contributed by atoms with Gasteiger partial charge in [-0.25, -0.2) is 0 Å². The van der Waals surface area contributed by atoms with E-state index in [1.165, 1.54) is 24.8 Å². The Morgan fingerprint density at radius 3 is 2.81 bits per heavy atom. The maximum absolute atomic E-state index is 5.46. The molecule has 1 fully saturated rings. The predicted octanol–water partition coefficient (Wildman–Crippen LogP) is 3.03. The van der Waals surface area contributed by atoms with Crippen LogP contribution in [-0.2, 0) is 0 Å². The summed E-state index contributed by atoms with van der Waals surface area (Å²) in [7, 11) is 3.52. The molecule has 4 heteroatoms. The molecule has 0 heterocycles. The Kier molecular flexibility index (Phi) is 5.48. The Labute approximate surface area is 128 Å². The number of aliphatic imine (C=N–C) groups is 1. The van der Waals surface area contributed by atoms with Gasteiger partial charge in [-0.15, -0.1) is 0 Å². The average Bonchev–Trinajstić information content (AvgIpc) is 3.30. The molecule has 21 heavy (non-hydrogen) atoms. The molecule has 1 atom stereocenters. The zero-order chi connectivity index (χ0) is 15.2. The van der Waals surface area contributed by atoms with Gasteiger partial charge in [-0.3, -0.25) is 4.99 Å². The second kappa shape index (κ2) is 7.34. The lowest BCUT2D eigenvalue weighted by molar-refractivity contribution is 0.405. The van der Waals surface area contributed by atoms with Gasteiger partial charge >= 0.3 is 0 Å². The second-order valence-corrected chi connectivity index (χ2v) is 5.84. The molecule has 4 nitrogen and oxygen atoms in total. The molecular weight excluding hydrogens is 262 g/mol. The van der Waals surface area contributed by atoms with Gasteiger partial charge in [-0.05, 0) is 32.3 Å². The van der Waals surface area contributed by atoms with E-state index in [2.05, 4.69) is 41.6 Å². The fourth-order valence-electron chi connectivity index (χ4n) is 2.47. The summed E-state index contributed by atoms with van der Waals surface area (Å²) in [6, 6.07) is 6.39. The number of benzene rings is 1. The number of guanidine groups is 1. The molecule has 0 saturated heterocycles. The molecular formula is C17H27N3O. The zero-order valence-corrected chi connectivity index (χ0v) is 13.6. The first-order valence-electron chi connectivity index (χ1n) is 7.75. The highest BCUT2D eigenvalue weighted by molar-refractivity contribution is 5.80. The van der Waals surface area contributed by atoms with E-state index < -0.39 is 0 Å². The minimum Gasteiger partial charge on any atom is -0.496 e. The number of aryl methyl sites for hydroxylation is 1. The average molecular weight is 289 g/mol. The van der Waals surface area contributed by atoms with Crippen LogP contribution in [0.2, 0.25) is 0 Å². The van der Waals surface area contributed by atoms with Crippen molar-refractivity contribution in [2.45, 2.75) is 39.2 Å². The maximum atomic E-state index is 5.46. The van der Waals surface area contributed by atoms with Crippen LogP contribution in [-0.4, -0.2) is 26.7 Å². The Morgan fingerprint density at radius 2 is 2.19 bits per heavy atom. The molecule has 116 valence electrons. The van der Waals surface area contributed by atoms with Crippen molar-refractivity contribution in [1.29, 1.82) is 0 Å². The minimum absolute atomic E-state index is 0.145. The number of rotatable bonds is 6. The van der Waals surface area contributed by atoms with Crippen molar-refractivity contribution in [1.82, 2.24) is 10.6 Å². The van der Waals surface area contributed by atoms with Crippen molar-refractivity contribution in [3.63, 3.8) is 0 Å². The van der Waals surface area contributed by atoms with Crippen LogP contribution in [0.5, 0.6) is 5.75 Å². The van der Waals surface area contributed by atoms with E-state index in [4.69, 9.17) is 4.74 Å². The summed E-state index contributed by atoms with van der Waals surface area (Å²) in [6.45, 7) is 5.21. The van der Waals surface area contributed by atoms with Crippen molar-refractivity contribution in [3.05, 3.63) is 29.3 Å². The fourth-order valence-corrected chi connectivity index (χ4v) is 2.47. The molecule has 0 amide bonds. The molecule has 1 aliphatic rings. The number of methoxy groups -OCH3 is 1. The molecule has 2 N–H and O–H groups in total. The number of ether oxygens (including phenoxy) is 1. The normalized spacial score (nSPS) is 16.5. The van der Waals surface area contributed by atoms with Gasteiger partial charge in [0, 0.05) is 19.2 Å². The molecule has 0 bridgehead atoms. The molecule has 2 rings (SSSR count). The van der Waals surface area contributed by atoms with Crippen molar-refractivity contribution < 1.29 is 4.74 Å². The number of hydrogen-bond acceptors (Lipinski definition) is 2. The molecule has 0 spiro atoms. The van der Waals surface area contributed by atoms with Crippen LogP contribution in [0, 0.1) is 12.8 Å². The molecule has 1 aromatic rings. The van der Waals surface area contributed by atoms with Gasteiger partial charge in [0.05, 0.1) is 13.2 Å². The van der Waals surface area contributed by atoms with E-state index in [0.29, 0.717) is 0 Å². The summed E-state index contributed by atoms with van der Waals surface area (Å²) in [6.07, 6.45) is 4.03. The SMILES string of the molecule is CN=C(NCCC1CC1)NC(C)c1cc(C)ccc1OC. The van der Waals surface area contributed by atoms with Crippen LogP contribution in [0.1, 0.15) is 43.4 Å². The van der Waals surface area contributed by atoms with E-state index in [-0.39, 0.29) is 6.04 Å². The number of nitrogens with one attached hydrogen (secondary N) is 2. The number of nitrogens with zero attached hydrogens (tertiary/aromatic N) is 1. The molecule has 1 aromatic carbocycles. The molecule has 0 aromatic heterocycles.